The molecule has 1 amide bonds. The third kappa shape index (κ3) is 57.9. The quantitative estimate of drug-likeness (QED) is 0.0320. The molecule has 0 heterocycles. The second kappa shape index (κ2) is 62.1. The van der Waals surface area contributed by atoms with Crippen LogP contribution in [0, 0.1) is 0 Å². The Balaban J connectivity index is 3.28. The number of hydrogen-bond donors (Lipinski definition) is 3. The van der Waals surface area contributed by atoms with E-state index in [0.717, 1.165) is 44.9 Å². The van der Waals surface area contributed by atoms with Crippen LogP contribution in [0.15, 0.2) is 12.2 Å². The number of unbranched alkanes of at least 4 members (excludes halogenated alkanes) is 49. The van der Waals surface area contributed by atoms with Crippen LogP contribution in [0.25, 0.3) is 0 Å². The standard InChI is InChI=1S/C66H129NO5/c1-3-5-7-9-11-13-14-15-33-37-40-44-48-52-56-60-66(71)72-61-57-53-49-45-41-38-35-32-30-28-26-24-22-20-18-16-17-19-21-23-25-27-29-31-34-36-39-43-47-51-55-59-65(70)67-63(62-68)64(69)58-54-50-46-42-12-10-8-6-4-2/h15,33,63-64,68-69H,3-14,16-32,34-62H2,1-2H3,(H,67,70)/b33-15-. The van der Waals surface area contributed by atoms with Crippen LogP contribution in [-0.2, 0) is 14.3 Å². The molecule has 428 valence electrons. The second-order valence-electron chi connectivity index (χ2n) is 22.8. The van der Waals surface area contributed by atoms with Crippen molar-refractivity contribution >= 4 is 11.9 Å². The van der Waals surface area contributed by atoms with Crippen molar-refractivity contribution in [3.05, 3.63) is 12.2 Å². The van der Waals surface area contributed by atoms with Gasteiger partial charge in [-0.2, -0.15) is 0 Å². The average Bonchev–Trinajstić information content (AvgIpc) is 3.38. The molecule has 0 aromatic carbocycles. The summed E-state index contributed by atoms with van der Waals surface area (Å²) in [6, 6.07) is -0.535. The van der Waals surface area contributed by atoms with E-state index in [2.05, 4.69) is 31.3 Å². The molecule has 0 spiro atoms. The zero-order valence-corrected chi connectivity index (χ0v) is 48.9. The fourth-order valence-electron chi connectivity index (χ4n) is 10.5. The van der Waals surface area contributed by atoms with Gasteiger partial charge in [0.1, 0.15) is 0 Å². The SMILES string of the molecule is CCCCCCCC/C=C\CCCCCCCC(=O)OCCCCCCCCCCCCCCCCCCCCCCCCCCCCCCCCCC(=O)NC(CO)C(O)CCCCCCCCCCC. The first kappa shape index (κ1) is 70.6. The first-order chi connectivity index (χ1) is 35.5. The third-order valence-electron chi connectivity index (χ3n) is 15.6. The topological polar surface area (TPSA) is 95.9 Å². The lowest BCUT2D eigenvalue weighted by molar-refractivity contribution is -0.143. The van der Waals surface area contributed by atoms with Gasteiger partial charge in [0.25, 0.3) is 0 Å². The van der Waals surface area contributed by atoms with Gasteiger partial charge in [-0.05, 0) is 51.4 Å². The van der Waals surface area contributed by atoms with E-state index in [1.807, 2.05) is 0 Å². The summed E-state index contributed by atoms with van der Waals surface area (Å²) in [5.41, 5.74) is 0. The highest BCUT2D eigenvalue weighted by molar-refractivity contribution is 5.76. The molecule has 2 unspecified atom stereocenters. The molecule has 0 fully saturated rings. The molecule has 6 nitrogen and oxygen atoms in total. The van der Waals surface area contributed by atoms with Gasteiger partial charge in [0.05, 0.1) is 25.4 Å². The summed E-state index contributed by atoms with van der Waals surface area (Å²) in [4.78, 5) is 24.5. The number of ether oxygens (including phenoxy) is 1. The van der Waals surface area contributed by atoms with Crippen LogP contribution in [0.4, 0.5) is 0 Å². The summed E-state index contributed by atoms with van der Waals surface area (Å²) in [6.07, 6.45) is 75.5. The molecule has 3 N–H and O–H groups in total. The number of allylic oxidation sites excluding steroid dienone is 2. The van der Waals surface area contributed by atoms with E-state index >= 15 is 0 Å². The predicted octanol–water partition coefficient (Wildman–Crippen LogP) is 20.8. The maximum Gasteiger partial charge on any atom is 0.305 e. The number of carbonyl (C=O) groups is 2. The van der Waals surface area contributed by atoms with Gasteiger partial charge in [-0.1, -0.05) is 321 Å². The zero-order valence-electron chi connectivity index (χ0n) is 48.9. The average molecular weight is 1020 g/mol. The number of aliphatic hydroxyl groups excluding tert-OH is 2. The minimum absolute atomic E-state index is 0.0133. The van der Waals surface area contributed by atoms with Crippen molar-refractivity contribution in [2.24, 2.45) is 0 Å². The van der Waals surface area contributed by atoms with Crippen LogP contribution in [0.3, 0.4) is 0 Å². The Morgan fingerprint density at radius 2 is 0.653 bits per heavy atom. The first-order valence-corrected chi connectivity index (χ1v) is 32.9. The van der Waals surface area contributed by atoms with Crippen molar-refractivity contribution in [2.75, 3.05) is 13.2 Å². The van der Waals surface area contributed by atoms with Crippen molar-refractivity contribution in [1.82, 2.24) is 5.32 Å². The van der Waals surface area contributed by atoms with Gasteiger partial charge < -0.3 is 20.3 Å². The molecule has 0 saturated carbocycles. The van der Waals surface area contributed by atoms with E-state index in [1.54, 1.807) is 0 Å². The van der Waals surface area contributed by atoms with Crippen molar-refractivity contribution in [1.29, 1.82) is 0 Å². The lowest BCUT2D eigenvalue weighted by Crippen LogP contribution is -2.45. The van der Waals surface area contributed by atoms with E-state index in [-0.39, 0.29) is 18.5 Å². The number of carbonyl (C=O) groups excluding carboxylic acids is 2. The lowest BCUT2D eigenvalue weighted by atomic mass is 10.0. The van der Waals surface area contributed by atoms with Gasteiger partial charge in [-0.25, -0.2) is 0 Å². The summed E-state index contributed by atoms with van der Waals surface area (Å²) < 4.78 is 5.49. The summed E-state index contributed by atoms with van der Waals surface area (Å²) in [7, 11) is 0. The Morgan fingerprint density at radius 3 is 0.986 bits per heavy atom. The van der Waals surface area contributed by atoms with Crippen LogP contribution in [0.2, 0.25) is 0 Å². The highest BCUT2D eigenvalue weighted by Crippen LogP contribution is 2.19. The summed E-state index contributed by atoms with van der Waals surface area (Å²) in [5.74, 6) is -0.0182. The molecule has 0 bridgehead atoms. The van der Waals surface area contributed by atoms with Crippen LogP contribution in [-0.4, -0.2) is 47.4 Å². The Morgan fingerprint density at radius 1 is 0.375 bits per heavy atom. The van der Waals surface area contributed by atoms with Crippen molar-refractivity contribution in [3.63, 3.8) is 0 Å². The zero-order chi connectivity index (χ0) is 52.2. The molecule has 0 aliphatic rings. The molecular weight excluding hydrogens is 887 g/mol. The number of nitrogens with one attached hydrogen (secondary N) is 1. The van der Waals surface area contributed by atoms with Gasteiger partial charge in [-0.3, -0.25) is 9.59 Å². The smallest absolute Gasteiger partial charge is 0.305 e. The number of amides is 1. The van der Waals surface area contributed by atoms with Gasteiger partial charge in [0.15, 0.2) is 0 Å². The van der Waals surface area contributed by atoms with E-state index in [1.165, 1.54) is 295 Å². The lowest BCUT2D eigenvalue weighted by Gasteiger charge is -2.22. The van der Waals surface area contributed by atoms with Gasteiger partial charge in [0, 0.05) is 12.8 Å². The molecule has 2 atom stereocenters. The maximum atomic E-state index is 12.4. The second-order valence-corrected chi connectivity index (χ2v) is 22.8. The minimum Gasteiger partial charge on any atom is -0.466 e. The third-order valence-corrected chi connectivity index (χ3v) is 15.6. The van der Waals surface area contributed by atoms with Crippen molar-refractivity contribution in [3.8, 4) is 0 Å². The van der Waals surface area contributed by atoms with Crippen LogP contribution in [0.5, 0.6) is 0 Å². The van der Waals surface area contributed by atoms with Crippen molar-refractivity contribution in [2.45, 2.75) is 386 Å². The molecule has 0 saturated heterocycles. The molecule has 6 heteroatoms. The molecule has 0 aliphatic heterocycles. The summed E-state index contributed by atoms with van der Waals surface area (Å²) in [5, 5.41) is 23.1. The summed E-state index contributed by atoms with van der Waals surface area (Å²) >= 11 is 0. The van der Waals surface area contributed by atoms with E-state index in [0.29, 0.717) is 25.9 Å². The van der Waals surface area contributed by atoms with Crippen LogP contribution in [0.1, 0.15) is 373 Å². The van der Waals surface area contributed by atoms with Gasteiger partial charge in [0.2, 0.25) is 5.91 Å². The van der Waals surface area contributed by atoms with Crippen LogP contribution >= 0.6 is 0 Å². The number of aliphatic hydroxyl groups is 2. The molecule has 0 aromatic heterocycles. The Bertz CT molecular complexity index is 1080. The number of hydrogen-bond acceptors (Lipinski definition) is 5. The monoisotopic (exact) mass is 1020 g/mol. The van der Waals surface area contributed by atoms with E-state index < -0.39 is 12.1 Å². The largest absolute Gasteiger partial charge is 0.466 e. The van der Waals surface area contributed by atoms with E-state index in [4.69, 9.17) is 4.74 Å². The van der Waals surface area contributed by atoms with E-state index in [9.17, 15) is 19.8 Å². The molecule has 0 aromatic rings. The first-order valence-electron chi connectivity index (χ1n) is 32.9. The maximum absolute atomic E-state index is 12.4. The fraction of sp³-hybridized carbons (Fsp3) is 0.939. The summed E-state index contributed by atoms with van der Waals surface area (Å²) in [6.45, 7) is 4.95. The number of esters is 1. The normalized spacial score (nSPS) is 12.6. The van der Waals surface area contributed by atoms with Gasteiger partial charge >= 0.3 is 5.97 Å². The predicted molar refractivity (Wildman–Crippen MR) is 315 cm³/mol. The molecule has 0 radical (unpaired) electrons. The van der Waals surface area contributed by atoms with Crippen LogP contribution < -0.4 is 5.32 Å². The molecular formula is C66H129NO5. The minimum atomic E-state index is -0.658. The van der Waals surface area contributed by atoms with Gasteiger partial charge in [-0.15, -0.1) is 0 Å². The molecule has 0 rings (SSSR count). The Hall–Kier alpha value is -1.40. The highest BCUT2D eigenvalue weighted by atomic mass is 16.5. The Labute approximate surface area is 450 Å². The number of rotatable bonds is 62. The fourth-order valence-corrected chi connectivity index (χ4v) is 10.5. The Kier molecular flexibility index (Phi) is 60.9. The molecule has 0 aliphatic carbocycles. The highest BCUT2D eigenvalue weighted by Gasteiger charge is 2.20. The van der Waals surface area contributed by atoms with Crippen molar-refractivity contribution < 1.29 is 24.5 Å². The molecule has 72 heavy (non-hydrogen) atoms.